The first-order valence-corrected chi connectivity index (χ1v) is 6.92. The molecule has 1 fully saturated rings. The summed E-state index contributed by atoms with van der Waals surface area (Å²) in [4.78, 5) is 2.39. The Labute approximate surface area is 115 Å². The number of nitrogens with two attached hydrogens (primary N) is 1. The lowest BCUT2D eigenvalue weighted by atomic mass is 9.83. The second-order valence-corrected chi connectivity index (χ2v) is 5.59. The van der Waals surface area contributed by atoms with Gasteiger partial charge in [0.1, 0.15) is 5.75 Å². The van der Waals surface area contributed by atoms with Gasteiger partial charge in [-0.2, -0.15) is 0 Å². The van der Waals surface area contributed by atoms with Crippen LogP contribution >= 0.6 is 0 Å². The van der Waals surface area contributed by atoms with Gasteiger partial charge in [0.25, 0.3) is 0 Å². The molecule has 2 atom stereocenters. The van der Waals surface area contributed by atoms with E-state index in [9.17, 15) is 0 Å². The lowest BCUT2D eigenvalue weighted by Gasteiger charge is -2.45. The monoisotopic (exact) mass is 263 g/mol. The first kappa shape index (κ1) is 14.2. The second-order valence-electron chi connectivity index (χ2n) is 5.59. The van der Waals surface area contributed by atoms with Crippen LogP contribution < -0.4 is 15.8 Å². The van der Waals surface area contributed by atoms with Crippen LogP contribution in [0.15, 0.2) is 24.3 Å². The fourth-order valence-electron chi connectivity index (χ4n) is 2.82. The molecule has 1 saturated heterocycles. The van der Waals surface area contributed by atoms with Crippen LogP contribution in [0.25, 0.3) is 0 Å². The third-order valence-electron chi connectivity index (χ3n) is 4.28. The fraction of sp³-hybridized carbons (Fsp3) is 0.600. The molecule has 1 aliphatic heterocycles. The van der Waals surface area contributed by atoms with Crippen molar-refractivity contribution < 1.29 is 4.74 Å². The van der Waals surface area contributed by atoms with Gasteiger partial charge in [-0.3, -0.25) is 0 Å². The lowest BCUT2D eigenvalue weighted by molar-refractivity contribution is 0.146. The number of rotatable bonds is 4. The summed E-state index contributed by atoms with van der Waals surface area (Å²) in [5, 5.41) is 3.64. The van der Waals surface area contributed by atoms with E-state index < -0.39 is 0 Å². The average Bonchev–Trinajstić information content (AvgIpc) is 2.44. The fourth-order valence-corrected chi connectivity index (χ4v) is 2.82. The maximum Gasteiger partial charge on any atom is 0.141 e. The van der Waals surface area contributed by atoms with Crippen molar-refractivity contribution in [2.24, 2.45) is 5.73 Å². The van der Waals surface area contributed by atoms with Gasteiger partial charge in [0.15, 0.2) is 0 Å². The maximum absolute atomic E-state index is 6.06. The molecular formula is C15H25N3O. The van der Waals surface area contributed by atoms with Gasteiger partial charge in [-0.25, -0.2) is 0 Å². The Kier molecular flexibility index (Phi) is 4.32. The van der Waals surface area contributed by atoms with Gasteiger partial charge in [0.2, 0.25) is 0 Å². The van der Waals surface area contributed by atoms with Gasteiger partial charge in [-0.1, -0.05) is 12.1 Å². The third-order valence-corrected chi connectivity index (χ3v) is 4.28. The molecule has 1 aliphatic rings. The molecule has 1 aromatic rings. The molecule has 0 spiro atoms. The van der Waals surface area contributed by atoms with Crippen LogP contribution in [0.5, 0.6) is 5.75 Å². The summed E-state index contributed by atoms with van der Waals surface area (Å²) in [6, 6.07) is 8.58. The van der Waals surface area contributed by atoms with Crippen molar-refractivity contribution in [3.63, 3.8) is 0 Å². The highest BCUT2D eigenvalue weighted by Gasteiger charge is 2.36. The van der Waals surface area contributed by atoms with Crippen LogP contribution in [0.3, 0.4) is 0 Å². The van der Waals surface area contributed by atoms with Crippen molar-refractivity contribution in [1.29, 1.82) is 0 Å². The van der Waals surface area contributed by atoms with Gasteiger partial charge in [0.05, 0.1) is 18.3 Å². The predicted octanol–water partition coefficient (Wildman–Crippen LogP) is 1.92. The molecule has 19 heavy (non-hydrogen) atoms. The molecule has 2 rings (SSSR count). The van der Waals surface area contributed by atoms with E-state index in [1.165, 1.54) is 0 Å². The highest BCUT2D eigenvalue weighted by Crippen LogP contribution is 2.33. The zero-order chi connectivity index (χ0) is 13.9. The number of methoxy groups -OCH3 is 1. The first-order chi connectivity index (χ1) is 9.10. The molecule has 3 N–H and O–H groups in total. The van der Waals surface area contributed by atoms with Crippen molar-refractivity contribution in [3.05, 3.63) is 24.3 Å². The summed E-state index contributed by atoms with van der Waals surface area (Å²) >= 11 is 0. The number of ether oxygens (including phenoxy) is 1. The molecule has 0 aromatic heterocycles. The van der Waals surface area contributed by atoms with Crippen molar-refractivity contribution in [2.45, 2.75) is 31.3 Å². The molecular weight excluding hydrogens is 238 g/mol. The molecule has 0 saturated carbocycles. The summed E-state index contributed by atoms with van der Waals surface area (Å²) in [6.07, 6.45) is 2.11. The molecule has 0 aliphatic carbocycles. The van der Waals surface area contributed by atoms with Crippen molar-refractivity contribution >= 4 is 5.69 Å². The Hall–Kier alpha value is -1.26. The van der Waals surface area contributed by atoms with Crippen LogP contribution in [-0.4, -0.2) is 43.7 Å². The molecule has 4 nitrogen and oxygen atoms in total. The van der Waals surface area contributed by atoms with E-state index in [1.54, 1.807) is 7.11 Å². The number of piperidine rings is 1. The first-order valence-electron chi connectivity index (χ1n) is 6.92. The van der Waals surface area contributed by atoms with E-state index in [0.717, 1.165) is 30.8 Å². The topological polar surface area (TPSA) is 50.5 Å². The van der Waals surface area contributed by atoms with E-state index in [0.29, 0.717) is 12.6 Å². The molecule has 0 bridgehead atoms. The number of hydrogen-bond donors (Lipinski definition) is 2. The minimum absolute atomic E-state index is 0.0272. The quantitative estimate of drug-likeness (QED) is 0.871. The number of hydrogen-bond acceptors (Lipinski definition) is 4. The van der Waals surface area contributed by atoms with Gasteiger partial charge >= 0.3 is 0 Å². The number of benzene rings is 1. The maximum atomic E-state index is 6.06. The molecule has 106 valence electrons. The van der Waals surface area contributed by atoms with E-state index in [-0.39, 0.29) is 5.54 Å². The Balaban J connectivity index is 2.19. The minimum atomic E-state index is -0.0272. The zero-order valence-electron chi connectivity index (χ0n) is 12.1. The summed E-state index contributed by atoms with van der Waals surface area (Å²) in [7, 11) is 3.88. The van der Waals surface area contributed by atoms with Crippen LogP contribution in [0.2, 0.25) is 0 Å². The lowest BCUT2D eigenvalue weighted by Crippen LogP contribution is -2.55. The summed E-state index contributed by atoms with van der Waals surface area (Å²) in [6.45, 7) is 3.97. The highest BCUT2D eigenvalue weighted by molar-refractivity contribution is 5.58. The number of nitrogens with zero attached hydrogens (tertiary/aromatic N) is 1. The Bertz CT molecular complexity index is 424. The van der Waals surface area contributed by atoms with E-state index in [4.69, 9.17) is 10.5 Å². The Morgan fingerprint density at radius 3 is 2.84 bits per heavy atom. The number of nitrogens with one attached hydrogen (secondary N) is 1. The smallest absolute Gasteiger partial charge is 0.141 e. The largest absolute Gasteiger partial charge is 0.495 e. The van der Waals surface area contributed by atoms with E-state index >= 15 is 0 Å². The standard InChI is InChI=1S/C15H25N3O/c1-12-10-15(11-16,8-9-18(12)2)17-13-6-4-5-7-14(13)19-3/h4-7,12,17H,8-11,16H2,1-3H3. The summed E-state index contributed by atoms with van der Waals surface area (Å²) in [5.74, 6) is 0.877. The normalized spacial score (nSPS) is 28.1. The molecule has 0 radical (unpaired) electrons. The second kappa shape index (κ2) is 5.80. The molecule has 4 heteroatoms. The van der Waals surface area contributed by atoms with Crippen molar-refractivity contribution in [1.82, 2.24) is 4.90 Å². The molecule has 1 heterocycles. The zero-order valence-corrected chi connectivity index (χ0v) is 12.1. The molecule has 0 amide bonds. The van der Waals surface area contributed by atoms with E-state index in [1.807, 2.05) is 18.2 Å². The molecule has 2 unspecified atom stereocenters. The average molecular weight is 263 g/mol. The number of likely N-dealkylation sites (tertiary alicyclic amines) is 1. The van der Waals surface area contributed by atoms with Crippen molar-refractivity contribution in [3.8, 4) is 5.75 Å². The summed E-state index contributed by atoms with van der Waals surface area (Å²) < 4.78 is 5.41. The van der Waals surface area contributed by atoms with Crippen LogP contribution in [-0.2, 0) is 0 Å². The highest BCUT2D eigenvalue weighted by atomic mass is 16.5. The Morgan fingerprint density at radius 2 is 2.21 bits per heavy atom. The summed E-state index contributed by atoms with van der Waals surface area (Å²) in [5.41, 5.74) is 7.07. The third kappa shape index (κ3) is 3.01. The van der Waals surface area contributed by atoms with Gasteiger partial charge in [-0.05, 0) is 38.9 Å². The number of para-hydroxylation sites is 2. The SMILES string of the molecule is COc1ccccc1NC1(CN)CCN(C)C(C)C1. The Morgan fingerprint density at radius 1 is 1.47 bits per heavy atom. The van der Waals surface area contributed by atoms with Gasteiger partial charge in [0, 0.05) is 19.1 Å². The van der Waals surface area contributed by atoms with Gasteiger partial charge in [-0.15, -0.1) is 0 Å². The van der Waals surface area contributed by atoms with Crippen LogP contribution in [0, 0.1) is 0 Å². The van der Waals surface area contributed by atoms with Crippen LogP contribution in [0.1, 0.15) is 19.8 Å². The van der Waals surface area contributed by atoms with E-state index in [2.05, 4.69) is 30.3 Å². The van der Waals surface area contributed by atoms with Crippen molar-refractivity contribution in [2.75, 3.05) is 32.6 Å². The van der Waals surface area contributed by atoms with Gasteiger partial charge < -0.3 is 20.7 Å². The predicted molar refractivity (Wildman–Crippen MR) is 79.7 cm³/mol. The number of anilines is 1. The minimum Gasteiger partial charge on any atom is -0.495 e. The molecule has 1 aromatic carbocycles. The van der Waals surface area contributed by atoms with Crippen LogP contribution in [0.4, 0.5) is 5.69 Å².